The van der Waals surface area contributed by atoms with Crippen molar-refractivity contribution in [1.82, 2.24) is 15.0 Å². The lowest BCUT2D eigenvalue weighted by molar-refractivity contribution is 0.660. The van der Waals surface area contributed by atoms with Gasteiger partial charge in [0.1, 0.15) is 0 Å². The molecule has 7 aromatic carbocycles. The highest BCUT2D eigenvalue weighted by molar-refractivity contribution is 5.87. The van der Waals surface area contributed by atoms with Crippen molar-refractivity contribution in [2.75, 3.05) is 0 Å². The van der Waals surface area contributed by atoms with E-state index in [2.05, 4.69) is 260 Å². The Hall–Kier alpha value is -8.79. The molecule has 0 radical (unpaired) electrons. The van der Waals surface area contributed by atoms with Crippen LogP contribution < -0.4 is 0 Å². The van der Waals surface area contributed by atoms with Crippen LogP contribution in [0.25, 0.3) is 104 Å². The summed E-state index contributed by atoms with van der Waals surface area (Å²) < 4.78 is 0. The first-order valence-electron chi connectivity index (χ1n) is 26.2. The Bertz CT molecular complexity index is 3570. The normalized spacial score (nSPS) is 15.0. The van der Waals surface area contributed by atoms with Crippen LogP contribution in [0.1, 0.15) is 108 Å². The molecule has 0 saturated carbocycles. The molecule has 3 nitrogen and oxygen atoms in total. The van der Waals surface area contributed by atoms with E-state index in [-0.39, 0.29) is 16.2 Å². The van der Waals surface area contributed by atoms with Gasteiger partial charge in [-0.3, -0.25) is 15.0 Å². The topological polar surface area (TPSA) is 38.7 Å². The second-order valence-electron chi connectivity index (χ2n) is 22.2. The number of rotatable bonds is 9. The highest BCUT2D eigenvalue weighted by Crippen LogP contribution is 2.52. The van der Waals surface area contributed by atoms with Gasteiger partial charge >= 0.3 is 0 Å². The molecule has 0 unspecified atom stereocenters. The molecule has 10 aromatic rings. The molecule has 0 saturated heterocycles. The minimum atomic E-state index is -0.0602. The number of pyridine rings is 3. The van der Waals surface area contributed by atoms with Gasteiger partial charge in [-0.15, -0.1) is 0 Å². The van der Waals surface area contributed by atoms with Crippen LogP contribution in [0.2, 0.25) is 0 Å². The van der Waals surface area contributed by atoms with Gasteiger partial charge in [0.25, 0.3) is 0 Å². The summed E-state index contributed by atoms with van der Waals surface area (Å²) in [6.45, 7) is 13.9. The summed E-state index contributed by atoms with van der Waals surface area (Å²) in [5, 5.41) is 0. The second kappa shape index (κ2) is 17.7. The lowest BCUT2D eigenvalue weighted by Crippen LogP contribution is -2.14. The third kappa shape index (κ3) is 8.02. The molecule has 0 aliphatic heterocycles. The monoisotopic (exact) mass is 963 g/mol. The smallest absolute Gasteiger partial charge is 0.0702 e. The molecule has 3 aromatic heterocycles. The Morgan fingerprint density at radius 3 is 0.800 bits per heavy atom. The molecule has 0 spiro atoms. The average molecular weight is 964 g/mol. The van der Waals surface area contributed by atoms with E-state index >= 15 is 0 Å². The summed E-state index contributed by atoms with van der Waals surface area (Å²) in [6.07, 6.45) is 18.9. The molecule has 0 bridgehead atoms. The Balaban J connectivity index is 0.768. The zero-order valence-electron chi connectivity index (χ0n) is 43.4. The molecule has 75 heavy (non-hydrogen) atoms. The van der Waals surface area contributed by atoms with Crippen molar-refractivity contribution in [1.29, 1.82) is 0 Å². The summed E-state index contributed by atoms with van der Waals surface area (Å²) in [6, 6.07) is 66.3. The lowest BCUT2D eigenvalue weighted by Gasteiger charge is -2.21. The van der Waals surface area contributed by atoms with Crippen LogP contribution in [0.3, 0.4) is 0 Å². The van der Waals surface area contributed by atoms with Crippen molar-refractivity contribution in [2.24, 2.45) is 0 Å². The molecule has 0 amide bonds. The molecule has 3 heterocycles. The van der Waals surface area contributed by atoms with Crippen molar-refractivity contribution in [3.8, 4) is 67.2 Å². The van der Waals surface area contributed by atoms with Crippen LogP contribution in [0.5, 0.6) is 0 Å². The highest BCUT2D eigenvalue weighted by Gasteiger charge is 2.37. The Labute approximate surface area is 441 Å². The zero-order chi connectivity index (χ0) is 51.1. The molecule has 3 aliphatic carbocycles. The number of fused-ring (bicyclic) bond motifs is 9. The standard InChI is InChI=1S/C72H57N3/c1-70(2)61-16-10-7-13-55(61)58-31-28-52(40-64(58)70)67-34-25-46(43-73-67)19-22-49-37-50(23-20-47-26-35-68(74-44-47)53-29-32-59-56-14-8-11-17-62(56)71(3,4)65(59)41-53)39-51(38-49)24-21-48-27-36-69(75-45-48)54-30-33-60-57-15-9-12-18-63(57)72(5,6)66(60)42-54/h7-45H,1-6H3/b22-19+,23-20+,24-21+. The van der Waals surface area contributed by atoms with Crippen molar-refractivity contribution in [3.05, 3.63) is 267 Å². The van der Waals surface area contributed by atoms with E-state index in [0.717, 1.165) is 67.2 Å². The summed E-state index contributed by atoms with van der Waals surface area (Å²) in [5.74, 6) is 0. The van der Waals surface area contributed by atoms with Crippen molar-refractivity contribution < 1.29 is 0 Å². The zero-order valence-corrected chi connectivity index (χ0v) is 43.4. The quantitative estimate of drug-likeness (QED) is 0.145. The third-order valence-electron chi connectivity index (χ3n) is 16.4. The van der Waals surface area contributed by atoms with Crippen molar-refractivity contribution in [2.45, 2.75) is 57.8 Å². The molecular formula is C72H57N3. The van der Waals surface area contributed by atoms with E-state index in [9.17, 15) is 0 Å². The number of hydrogen-bond donors (Lipinski definition) is 0. The Morgan fingerprint density at radius 2 is 0.520 bits per heavy atom. The lowest BCUT2D eigenvalue weighted by atomic mass is 9.82. The summed E-state index contributed by atoms with van der Waals surface area (Å²) >= 11 is 0. The fourth-order valence-electron chi connectivity index (χ4n) is 12.2. The third-order valence-corrected chi connectivity index (χ3v) is 16.4. The fourth-order valence-corrected chi connectivity index (χ4v) is 12.2. The maximum atomic E-state index is 4.97. The molecule has 0 atom stereocenters. The van der Waals surface area contributed by atoms with Gasteiger partial charge in [0, 0.05) is 51.5 Å². The van der Waals surface area contributed by atoms with Crippen LogP contribution in [-0.4, -0.2) is 15.0 Å². The maximum Gasteiger partial charge on any atom is 0.0702 e. The molecule has 0 fully saturated rings. The van der Waals surface area contributed by atoms with Gasteiger partial charge in [0.05, 0.1) is 17.1 Å². The van der Waals surface area contributed by atoms with Crippen LogP contribution >= 0.6 is 0 Å². The van der Waals surface area contributed by atoms with Crippen LogP contribution in [-0.2, 0) is 16.2 Å². The molecule has 13 rings (SSSR count). The van der Waals surface area contributed by atoms with Crippen LogP contribution in [0.4, 0.5) is 0 Å². The predicted octanol–water partition coefficient (Wildman–Crippen LogP) is 18.3. The fraction of sp³-hybridized carbons (Fsp3) is 0.125. The average Bonchev–Trinajstić information content (AvgIpc) is 3.98. The number of nitrogens with zero attached hydrogens (tertiary/aromatic N) is 3. The number of hydrogen-bond acceptors (Lipinski definition) is 3. The van der Waals surface area contributed by atoms with Gasteiger partial charge in [-0.05, 0) is 155 Å². The SMILES string of the molecule is CC1(C)c2ccccc2-c2ccc(-c3ccc(/C=C/c4cc(/C=C/c5ccc(-c6ccc7c(c6)C(C)(C)c6ccccc6-7)nc5)cc(/C=C/c5ccc(-c6ccc7c(c6)C(C)(C)c6ccccc6-7)nc5)c4)cn3)cc21. The first-order valence-corrected chi connectivity index (χ1v) is 26.2. The van der Waals surface area contributed by atoms with Gasteiger partial charge < -0.3 is 0 Å². The Kier molecular flexibility index (Phi) is 10.9. The maximum absolute atomic E-state index is 4.97. The molecular weight excluding hydrogens is 907 g/mol. The number of aromatic nitrogens is 3. The molecule has 3 aliphatic rings. The van der Waals surface area contributed by atoms with Crippen LogP contribution in [0, 0.1) is 0 Å². The first kappa shape index (κ1) is 46.0. The summed E-state index contributed by atoms with van der Waals surface area (Å²) in [7, 11) is 0. The van der Waals surface area contributed by atoms with Crippen molar-refractivity contribution in [3.63, 3.8) is 0 Å². The molecule has 3 heteroatoms. The van der Waals surface area contributed by atoms with E-state index in [1.54, 1.807) is 0 Å². The summed E-state index contributed by atoms with van der Waals surface area (Å²) in [4.78, 5) is 14.9. The van der Waals surface area contributed by atoms with E-state index in [1.165, 1.54) is 66.8 Å². The van der Waals surface area contributed by atoms with Gasteiger partial charge in [-0.2, -0.15) is 0 Å². The van der Waals surface area contributed by atoms with E-state index in [0.29, 0.717) is 0 Å². The highest BCUT2D eigenvalue weighted by atomic mass is 14.7. The first-order chi connectivity index (χ1) is 36.4. The Morgan fingerprint density at radius 1 is 0.253 bits per heavy atom. The summed E-state index contributed by atoms with van der Waals surface area (Å²) in [5.41, 5.74) is 28.6. The molecule has 0 N–H and O–H groups in total. The van der Waals surface area contributed by atoms with E-state index in [1.807, 2.05) is 18.6 Å². The van der Waals surface area contributed by atoms with Gasteiger partial charge in [-0.25, -0.2) is 0 Å². The largest absolute Gasteiger partial charge is 0.256 e. The molecule has 360 valence electrons. The minimum absolute atomic E-state index is 0.0602. The second-order valence-corrected chi connectivity index (χ2v) is 22.2. The van der Waals surface area contributed by atoms with E-state index < -0.39 is 0 Å². The van der Waals surface area contributed by atoms with Gasteiger partial charge in [0.15, 0.2) is 0 Å². The minimum Gasteiger partial charge on any atom is -0.256 e. The van der Waals surface area contributed by atoms with E-state index in [4.69, 9.17) is 15.0 Å². The van der Waals surface area contributed by atoms with Gasteiger partial charge in [0.2, 0.25) is 0 Å². The van der Waals surface area contributed by atoms with Crippen LogP contribution in [0.15, 0.2) is 201 Å². The predicted molar refractivity (Wildman–Crippen MR) is 315 cm³/mol. The van der Waals surface area contributed by atoms with Gasteiger partial charge in [-0.1, -0.05) is 205 Å². The van der Waals surface area contributed by atoms with Crippen molar-refractivity contribution >= 4 is 36.5 Å². The number of benzene rings is 7.